The van der Waals surface area contributed by atoms with Gasteiger partial charge in [0.15, 0.2) is 0 Å². The van der Waals surface area contributed by atoms with E-state index in [1.54, 1.807) is 4.90 Å². The van der Waals surface area contributed by atoms with Crippen LogP contribution in [0.4, 0.5) is 0 Å². The van der Waals surface area contributed by atoms with Crippen LogP contribution in [0.15, 0.2) is 0 Å². The fourth-order valence-corrected chi connectivity index (χ4v) is 1.40. The summed E-state index contributed by atoms with van der Waals surface area (Å²) in [7, 11) is 0. The molecule has 0 aromatic carbocycles. The van der Waals surface area contributed by atoms with Gasteiger partial charge in [-0.25, -0.2) is 0 Å². The summed E-state index contributed by atoms with van der Waals surface area (Å²) in [6.45, 7) is 4.67. The lowest BCUT2D eigenvalue weighted by molar-refractivity contribution is -0.269. The number of hydrogen-bond donors (Lipinski definition) is 3. The maximum Gasteiger partial charge on any atom is 0.238 e. The van der Waals surface area contributed by atoms with Gasteiger partial charge in [0, 0.05) is 19.6 Å². The van der Waals surface area contributed by atoms with Crippen LogP contribution in [0.1, 0.15) is 19.8 Å². The lowest BCUT2D eigenvalue weighted by Crippen LogP contribution is -2.61. The Morgan fingerprint density at radius 1 is 1.50 bits per heavy atom. The molecule has 0 aromatic heterocycles. The maximum absolute atomic E-state index is 9.48. The van der Waals surface area contributed by atoms with Crippen molar-refractivity contribution in [2.75, 3.05) is 26.2 Å². The molecule has 1 aliphatic rings. The largest absolute Gasteiger partial charge is 0.352 e. The van der Waals surface area contributed by atoms with Crippen molar-refractivity contribution in [3.8, 4) is 0 Å². The van der Waals surface area contributed by atoms with Crippen molar-refractivity contribution in [3.05, 3.63) is 0 Å². The molecular formula is C8H18N2O2. The summed E-state index contributed by atoms with van der Waals surface area (Å²) >= 11 is 0. The highest BCUT2D eigenvalue weighted by Crippen LogP contribution is 2.11. The zero-order chi connectivity index (χ0) is 9.03. The highest BCUT2D eigenvalue weighted by atomic mass is 16.5. The number of hydrogen-bond acceptors (Lipinski definition) is 4. The second-order valence-electron chi connectivity index (χ2n) is 3.29. The lowest BCUT2D eigenvalue weighted by atomic mass is 10.2. The van der Waals surface area contributed by atoms with Crippen LogP contribution in [0, 0.1) is 0 Å². The monoisotopic (exact) mass is 174 g/mol. The van der Waals surface area contributed by atoms with Gasteiger partial charge in [0.25, 0.3) is 0 Å². The van der Waals surface area contributed by atoms with Crippen LogP contribution in [0.5, 0.6) is 0 Å². The molecule has 3 N–H and O–H groups in total. The second kappa shape index (κ2) is 4.18. The van der Waals surface area contributed by atoms with Gasteiger partial charge in [0.2, 0.25) is 5.91 Å². The van der Waals surface area contributed by atoms with E-state index in [1.807, 2.05) is 0 Å². The summed E-state index contributed by atoms with van der Waals surface area (Å²) in [6.07, 6.45) is 2.10. The summed E-state index contributed by atoms with van der Waals surface area (Å²) in [6, 6.07) is 0. The van der Waals surface area contributed by atoms with E-state index < -0.39 is 5.91 Å². The van der Waals surface area contributed by atoms with Gasteiger partial charge >= 0.3 is 0 Å². The Bertz CT molecular complexity index is 139. The molecule has 0 spiro atoms. The molecule has 0 bridgehead atoms. The second-order valence-corrected chi connectivity index (χ2v) is 3.29. The molecule has 0 aliphatic carbocycles. The van der Waals surface area contributed by atoms with Crippen LogP contribution in [-0.2, 0) is 0 Å². The van der Waals surface area contributed by atoms with Crippen molar-refractivity contribution in [1.82, 2.24) is 10.2 Å². The molecule has 1 fully saturated rings. The molecule has 1 saturated heterocycles. The molecule has 12 heavy (non-hydrogen) atoms. The Morgan fingerprint density at radius 3 is 2.83 bits per heavy atom. The van der Waals surface area contributed by atoms with Gasteiger partial charge in [-0.1, -0.05) is 13.3 Å². The number of nitrogens with one attached hydrogen (secondary N) is 1. The smallest absolute Gasteiger partial charge is 0.238 e. The van der Waals surface area contributed by atoms with E-state index in [4.69, 9.17) is 0 Å². The number of aliphatic hydroxyl groups is 2. The van der Waals surface area contributed by atoms with E-state index in [1.165, 1.54) is 0 Å². The molecule has 1 aliphatic heterocycles. The average Bonchev–Trinajstić information content (AvgIpc) is 2.02. The first-order chi connectivity index (χ1) is 5.67. The summed E-state index contributed by atoms with van der Waals surface area (Å²) in [5, 5.41) is 21.9. The molecular weight excluding hydrogens is 156 g/mol. The highest BCUT2D eigenvalue weighted by molar-refractivity contribution is 4.76. The number of β-amino-alcohol motifs (C(OH)–C–C–N with tert-alkyl or cyclic N) is 2. The third-order valence-electron chi connectivity index (χ3n) is 2.21. The zero-order valence-corrected chi connectivity index (χ0v) is 7.58. The van der Waals surface area contributed by atoms with E-state index in [0.29, 0.717) is 6.54 Å². The predicted molar refractivity (Wildman–Crippen MR) is 46.5 cm³/mol. The Hall–Kier alpha value is -0.160. The number of piperazine rings is 1. The third kappa shape index (κ3) is 2.42. The van der Waals surface area contributed by atoms with E-state index in [9.17, 15) is 10.2 Å². The van der Waals surface area contributed by atoms with Gasteiger partial charge in [0.05, 0.1) is 6.54 Å². The first-order valence-electron chi connectivity index (χ1n) is 4.57. The van der Waals surface area contributed by atoms with E-state index in [-0.39, 0.29) is 6.54 Å². The minimum absolute atomic E-state index is 0.247. The minimum Gasteiger partial charge on any atom is -0.352 e. The maximum atomic E-state index is 9.48. The van der Waals surface area contributed by atoms with Crippen molar-refractivity contribution in [2.45, 2.75) is 25.7 Å². The SMILES string of the molecule is CCCCN1CCNCC1(O)O. The van der Waals surface area contributed by atoms with Crippen molar-refractivity contribution < 1.29 is 10.2 Å². The molecule has 0 saturated carbocycles. The molecule has 0 unspecified atom stereocenters. The normalized spacial score (nSPS) is 24.2. The Balaban J connectivity index is 2.37. The topological polar surface area (TPSA) is 55.7 Å². The fourth-order valence-electron chi connectivity index (χ4n) is 1.40. The summed E-state index contributed by atoms with van der Waals surface area (Å²) < 4.78 is 0. The quantitative estimate of drug-likeness (QED) is 0.497. The van der Waals surface area contributed by atoms with Gasteiger partial charge in [0.1, 0.15) is 0 Å². The van der Waals surface area contributed by atoms with Crippen molar-refractivity contribution >= 4 is 0 Å². The molecule has 0 amide bonds. The third-order valence-corrected chi connectivity index (χ3v) is 2.21. The summed E-state index contributed by atoms with van der Waals surface area (Å²) in [4.78, 5) is 1.72. The molecule has 0 atom stereocenters. The van der Waals surface area contributed by atoms with Crippen molar-refractivity contribution in [3.63, 3.8) is 0 Å². The Labute approximate surface area is 73.2 Å². The predicted octanol–water partition coefficient (Wildman–Crippen LogP) is -0.670. The standard InChI is InChI=1S/C8H18N2O2/c1-2-3-5-10-6-4-9-7-8(10,11)12/h9,11-12H,2-7H2,1H3. The molecule has 1 rings (SSSR count). The Morgan fingerprint density at radius 2 is 2.25 bits per heavy atom. The van der Waals surface area contributed by atoms with Crippen LogP contribution in [0.25, 0.3) is 0 Å². The summed E-state index contributed by atoms with van der Waals surface area (Å²) in [5.41, 5.74) is 0. The first-order valence-corrected chi connectivity index (χ1v) is 4.57. The van der Waals surface area contributed by atoms with Crippen molar-refractivity contribution in [1.29, 1.82) is 0 Å². The van der Waals surface area contributed by atoms with Crippen LogP contribution < -0.4 is 5.32 Å². The molecule has 4 heteroatoms. The minimum atomic E-state index is -1.63. The van der Waals surface area contributed by atoms with Gasteiger partial charge in [-0.2, -0.15) is 0 Å². The first kappa shape index (κ1) is 9.92. The van der Waals surface area contributed by atoms with E-state index in [2.05, 4.69) is 12.2 Å². The highest BCUT2D eigenvalue weighted by Gasteiger charge is 2.33. The van der Waals surface area contributed by atoms with Crippen LogP contribution >= 0.6 is 0 Å². The van der Waals surface area contributed by atoms with Crippen LogP contribution in [0.3, 0.4) is 0 Å². The van der Waals surface area contributed by atoms with E-state index in [0.717, 1.165) is 25.9 Å². The molecule has 4 nitrogen and oxygen atoms in total. The Kier molecular flexibility index (Phi) is 3.46. The average molecular weight is 174 g/mol. The summed E-state index contributed by atoms with van der Waals surface area (Å²) in [5.74, 6) is -1.63. The number of unbranched alkanes of at least 4 members (excludes halogenated alkanes) is 1. The van der Waals surface area contributed by atoms with E-state index >= 15 is 0 Å². The van der Waals surface area contributed by atoms with Crippen molar-refractivity contribution in [2.24, 2.45) is 0 Å². The van der Waals surface area contributed by atoms with Gasteiger partial charge in [-0.05, 0) is 6.42 Å². The van der Waals surface area contributed by atoms with Crippen LogP contribution in [0.2, 0.25) is 0 Å². The number of nitrogens with zero attached hydrogens (tertiary/aromatic N) is 1. The number of rotatable bonds is 3. The molecule has 0 aromatic rings. The zero-order valence-electron chi connectivity index (χ0n) is 7.58. The lowest BCUT2D eigenvalue weighted by Gasteiger charge is -2.39. The molecule has 72 valence electrons. The van der Waals surface area contributed by atoms with Crippen LogP contribution in [-0.4, -0.2) is 47.2 Å². The van der Waals surface area contributed by atoms with Gasteiger partial charge in [-0.15, -0.1) is 0 Å². The molecule has 0 radical (unpaired) electrons. The molecule has 1 heterocycles. The van der Waals surface area contributed by atoms with Gasteiger partial charge in [-0.3, -0.25) is 4.90 Å². The fraction of sp³-hybridized carbons (Fsp3) is 1.00. The van der Waals surface area contributed by atoms with Gasteiger partial charge < -0.3 is 15.5 Å².